The van der Waals surface area contributed by atoms with Gasteiger partial charge in [-0.05, 0) is 56.4 Å². The van der Waals surface area contributed by atoms with Gasteiger partial charge in [0.1, 0.15) is 10.7 Å². The number of nitrogens with one attached hydrogen (secondary N) is 1. The molecule has 3 aromatic heterocycles. The summed E-state index contributed by atoms with van der Waals surface area (Å²) in [7, 11) is 0. The van der Waals surface area contributed by atoms with Crippen molar-refractivity contribution in [1.29, 1.82) is 0 Å². The number of aromatic nitrogens is 3. The molecule has 4 aromatic rings. The summed E-state index contributed by atoms with van der Waals surface area (Å²) in [5, 5.41) is 5.67. The van der Waals surface area contributed by atoms with Gasteiger partial charge in [0.15, 0.2) is 0 Å². The fraction of sp³-hybridized carbons (Fsp3) is 0.360. The Hall–Kier alpha value is -3.26. The largest absolute Gasteiger partial charge is 0.371 e. The topological polar surface area (TPSA) is 80.1 Å². The number of hydrogen-bond acceptors (Lipinski definition) is 6. The number of nitrogens with zero attached hydrogens (tertiary/aromatic N) is 4. The van der Waals surface area contributed by atoms with Crippen LogP contribution in [-0.4, -0.2) is 33.5 Å². The number of aryl methyl sites for hydroxylation is 2. The van der Waals surface area contributed by atoms with Gasteiger partial charge in [0.25, 0.3) is 11.5 Å². The standard InChI is InChI=1S/C25H25N5O2S/c1-15-21-24(28-20-6-5-13-30(20)25(21)32)33-22(15)23(31)27-18-7-8-19(29-11-3-2-4-12-29)16-9-10-26-14-17(16)18/h7-10,14H,2-6,11-13H2,1H3,(H,27,31). The van der Waals surface area contributed by atoms with E-state index in [0.717, 1.165) is 48.2 Å². The van der Waals surface area contributed by atoms with E-state index in [2.05, 4.69) is 26.3 Å². The summed E-state index contributed by atoms with van der Waals surface area (Å²) in [5.41, 5.74) is 2.60. The van der Waals surface area contributed by atoms with Gasteiger partial charge < -0.3 is 10.2 Å². The zero-order chi connectivity index (χ0) is 22.5. The van der Waals surface area contributed by atoms with Crippen molar-refractivity contribution >= 4 is 49.6 Å². The molecule has 2 aliphatic rings. The van der Waals surface area contributed by atoms with Crippen molar-refractivity contribution in [3.05, 3.63) is 57.2 Å². The molecule has 1 saturated heterocycles. The first-order valence-electron chi connectivity index (χ1n) is 11.6. The predicted octanol–water partition coefficient (Wildman–Crippen LogP) is 4.50. The average molecular weight is 460 g/mol. The number of benzene rings is 1. The molecule has 168 valence electrons. The van der Waals surface area contributed by atoms with Gasteiger partial charge in [-0.1, -0.05) is 0 Å². The van der Waals surface area contributed by atoms with Crippen LogP contribution in [0.4, 0.5) is 11.4 Å². The molecule has 1 N–H and O–H groups in total. The number of pyridine rings is 1. The fourth-order valence-electron chi connectivity index (χ4n) is 5.16. The average Bonchev–Trinajstić information content (AvgIpc) is 3.45. The molecule has 0 spiro atoms. The van der Waals surface area contributed by atoms with Crippen LogP contribution in [0.3, 0.4) is 0 Å². The van der Waals surface area contributed by atoms with E-state index in [1.54, 1.807) is 10.8 Å². The lowest BCUT2D eigenvalue weighted by Gasteiger charge is -2.30. The summed E-state index contributed by atoms with van der Waals surface area (Å²) < 4.78 is 1.75. The highest BCUT2D eigenvalue weighted by Gasteiger charge is 2.24. The van der Waals surface area contributed by atoms with Crippen LogP contribution in [-0.2, 0) is 13.0 Å². The Morgan fingerprint density at radius 2 is 1.91 bits per heavy atom. The van der Waals surface area contributed by atoms with Gasteiger partial charge in [0, 0.05) is 54.9 Å². The maximum atomic E-state index is 13.3. The normalized spacial score (nSPS) is 15.8. The van der Waals surface area contributed by atoms with Gasteiger partial charge in [0.2, 0.25) is 0 Å². The molecule has 0 atom stereocenters. The molecule has 0 bridgehead atoms. The summed E-state index contributed by atoms with van der Waals surface area (Å²) >= 11 is 1.30. The van der Waals surface area contributed by atoms with E-state index in [9.17, 15) is 9.59 Å². The number of piperidine rings is 1. The highest BCUT2D eigenvalue weighted by Crippen LogP contribution is 2.35. The summed E-state index contributed by atoms with van der Waals surface area (Å²) in [6, 6.07) is 6.09. The Morgan fingerprint density at radius 1 is 1.06 bits per heavy atom. The van der Waals surface area contributed by atoms with Crippen molar-refractivity contribution < 1.29 is 4.79 Å². The van der Waals surface area contributed by atoms with Crippen molar-refractivity contribution in [2.24, 2.45) is 0 Å². The van der Waals surface area contributed by atoms with E-state index in [4.69, 9.17) is 0 Å². The van der Waals surface area contributed by atoms with Crippen LogP contribution < -0.4 is 15.8 Å². The smallest absolute Gasteiger partial charge is 0.266 e. The van der Waals surface area contributed by atoms with Gasteiger partial charge in [0.05, 0.1) is 16.0 Å². The number of anilines is 2. The van der Waals surface area contributed by atoms with Crippen LogP contribution in [0.5, 0.6) is 0 Å². The highest BCUT2D eigenvalue weighted by molar-refractivity contribution is 7.20. The first-order valence-corrected chi connectivity index (χ1v) is 12.4. The van der Waals surface area contributed by atoms with Gasteiger partial charge >= 0.3 is 0 Å². The summed E-state index contributed by atoms with van der Waals surface area (Å²) in [6.45, 7) is 4.65. The summed E-state index contributed by atoms with van der Waals surface area (Å²) in [4.78, 5) is 38.9. The number of hydrogen-bond donors (Lipinski definition) is 1. The van der Waals surface area contributed by atoms with Crippen LogP contribution in [0, 0.1) is 6.92 Å². The third-order valence-electron chi connectivity index (χ3n) is 6.86. The molecule has 8 heteroatoms. The third kappa shape index (κ3) is 3.31. The molecule has 33 heavy (non-hydrogen) atoms. The third-order valence-corrected chi connectivity index (χ3v) is 8.04. The van der Waals surface area contributed by atoms with Crippen LogP contribution in [0.25, 0.3) is 21.0 Å². The number of rotatable bonds is 3. The molecule has 5 heterocycles. The lowest BCUT2D eigenvalue weighted by Crippen LogP contribution is -2.29. The molecular weight excluding hydrogens is 434 g/mol. The van der Waals surface area contributed by atoms with Gasteiger partial charge in [-0.3, -0.25) is 19.1 Å². The second-order valence-electron chi connectivity index (χ2n) is 8.88. The number of fused-ring (bicyclic) bond motifs is 3. The Balaban J connectivity index is 1.38. The van der Waals surface area contributed by atoms with E-state index >= 15 is 0 Å². The minimum atomic E-state index is -0.212. The molecule has 0 saturated carbocycles. The molecule has 0 aliphatic carbocycles. The Kier molecular flexibility index (Phi) is 4.90. The van der Waals surface area contributed by atoms with E-state index in [-0.39, 0.29) is 11.5 Å². The van der Waals surface area contributed by atoms with E-state index in [1.165, 1.54) is 36.3 Å². The second kappa shape index (κ2) is 7.95. The zero-order valence-electron chi connectivity index (χ0n) is 18.6. The maximum absolute atomic E-state index is 13.3. The summed E-state index contributed by atoms with van der Waals surface area (Å²) in [6.07, 6.45) is 9.05. The first kappa shape index (κ1) is 20.4. The van der Waals surface area contributed by atoms with Crippen molar-refractivity contribution in [1.82, 2.24) is 14.5 Å². The quantitative estimate of drug-likeness (QED) is 0.488. The molecule has 1 fully saturated rings. The van der Waals surface area contributed by atoms with E-state index in [0.29, 0.717) is 27.2 Å². The van der Waals surface area contributed by atoms with Crippen LogP contribution >= 0.6 is 11.3 Å². The number of amides is 1. The number of thiophene rings is 1. The molecule has 0 radical (unpaired) electrons. The van der Waals surface area contributed by atoms with Gasteiger partial charge in [-0.25, -0.2) is 4.98 Å². The molecule has 7 nitrogen and oxygen atoms in total. The monoisotopic (exact) mass is 459 g/mol. The van der Waals surface area contributed by atoms with E-state index < -0.39 is 0 Å². The van der Waals surface area contributed by atoms with Crippen LogP contribution in [0.15, 0.2) is 35.4 Å². The van der Waals surface area contributed by atoms with E-state index in [1.807, 2.05) is 25.3 Å². The number of carbonyl (C=O) groups excluding carboxylic acids is 1. The minimum absolute atomic E-state index is 0.0270. The molecule has 6 rings (SSSR count). The van der Waals surface area contributed by atoms with Crippen molar-refractivity contribution in [3.8, 4) is 0 Å². The molecule has 1 amide bonds. The van der Waals surface area contributed by atoms with Crippen LogP contribution in [0.2, 0.25) is 0 Å². The number of carbonyl (C=O) groups is 1. The SMILES string of the molecule is Cc1c(C(=O)Nc2ccc(N3CCCCC3)c3ccncc23)sc2nc3n(c(=O)c12)CCC3. The Morgan fingerprint density at radius 3 is 2.76 bits per heavy atom. The van der Waals surface area contributed by atoms with Crippen molar-refractivity contribution in [3.63, 3.8) is 0 Å². The molecular formula is C25H25N5O2S. The maximum Gasteiger partial charge on any atom is 0.266 e. The minimum Gasteiger partial charge on any atom is -0.371 e. The summed E-state index contributed by atoms with van der Waals surface area (Å²) in [5.74, 6) is 0.613. The molecule has 0 unspecified atom stereocenters. The first-order chi connectivity index (χ1) is 16.1. The predicted molar refractivity (Wildman–Crippen MR) is 133 cm³/mol. The van der Waals surface area contributed by atoms with Crippen LogP contribution in [0.1, 0.15) is 46.7 Å². The van der Waals surface area contributed by atoms with Crippen molar-refractivity contribution in [2.45, 2.75) is 45.6 Å². The van der Waals surface area contributed by atoms with Crippen molar-refractivity contribution in [2.75, 3.05) is 23.3 Å². The zero-order valence-corrected chi connectivity index (χ0v) is 19.4. The lowest BCUT2D eigenvalue weighted by molar-refractivity contribution is 0.103. The lowest BCUT2D eigenvalue weighted by atomic mass is 10.0. The van der Waals surface area contributed by atoms with Gasteiger partial charge in [-0.2, -0.15) is 0 Å². The van der Waals surface area contributed by atoms with Gasteiger partial charge in [-0.15, -0.1) is 11.3 Å². The highest BCUT2D eigenvalue weighted by atomic mass is 32.1. The fourth-order valence-corrected chi connectivity index (χ4v) is 6.25. The Bertz CT molecular complexity index is 1470. The Labute approximate surface area is 195 Å². The molecule has 1 aromatic carbocycles. The second-order valence-corrected chi connectivity index (χ2v) is 9.88. The molecule has 2 aliphatic heterocycles.